The summed E-state index contributed by atoms with van der Waals surface area (Å²) in [4.78, 5) is 12.7. The minimum Gasteiger partial charge on any atom is -0.504 e. The van der Waals surface area contributed by atoms with Crippen LogP contribution in [0.5, 0.6) is 5.75 Å². The van der Waals surface area contributed by atoms with Gasteiger partial charge < -0.3 is 10.4 Å². The van der Waals surface area contributed by atoms with Gasteiger partial charge in [0.1, 0.15) is 0 Å². The van der Waals surface area contributed by atoms with Gasteiger partial charge in [-0.15, -0.1) is 0 Å². The van der Waals surface area contributed by atoms with Crippen molar-refractivity contribution >= 4 is 17.4 Å². The van der Waals surface area contributed by atoms with Crippen LogP contribution in [0, 0.1) is 11.2 Å². The predicted octanol–water partition coefficient (Wildman–Crippen LogP) is 3.54. The Bertz CT molecular complexity index is 490. The Balaban J connectivity index is 2.32. The van der Waals surface area contributed by atoms with Crippen molar-refractivity contribution in [2.45, 2.75) is 32.6 Å². The van der Waals surface area contributed by atoms with Crippen molar-refractivity contribution in [3.8, 4) is 5.75 Å². The molecular formula is C15H19ClFNO2. The number of hydrogen-bond acceptors (Lipinski definition) is 3. The molecule has 110 valence electrons. The fourth-order valence-electron chi connectivity index (χ4n) is 2.78. The van der Waals surface area contributed by atoms with Gasteiger partial charge in [0.25, 0.3) is 0 Å². The van der Waals surface area contributed by atoms with Gasteiger partial charge in [-0.25, -0.2) is 4.39 Å². The molecule has 2 N–H and O–H groups in total. The Labute approximate surface area is 123 Å². The van der Waals surface area contributed by atoms with Crippen LogP contribution in [0.4, 0.5) is 4.39 Å². The molecule has 1 aromatic carbocycles. The molecule has 1 unspecified atom stereocenters. The molecule has 5 heteroatoms. The van der Waals surface area contributed by atoms with E-state index in [4.69, 9.17) is 11.6 Å². The lowest BCUT2D eigenvalue weighted by atomic mass is 9.75. The highest BCUT2D eigenvalue weighted by molar-refractivity contribution is 6.32. The second kappa shape index (κ2) is 6.10. The van der Waals surface area contributed by atoms with Crippen LogP contribution >= 0.6 is 11.6 Å². The monoisotopic (exact) mass is 299 g/mol. The summed E-state index contributed by atoms with van der Waals surface area (Å²) < 4.78 is 13.6. The Morgan fingerprint density at radius 1 is 1.55 bits per heavy atom. The maximum absolute atomic E-state index is 13.6. The normalized spacial score (nSPS) is 22.1. The topological polar surface area (TPSA) is 49.3 Å². The molecule has 1 aliphatic heterocycles. The van der Waals surface area contributed by atoms with E-state index in [1.807, 2.05) is 0 Å². The number of hydrogen-bond donors (Lipinski definition) is 2. The van der Waals surface area contributed by atoms with Gasteiger partial charge >= 0.3 is 0 Å². The van der Waals surface area contributed by atoms with Crippen LogP contribution < -0.4 is 5.32 Å². The Hall–Kier alpha value is -1.13. The zero-order valence-corrected chi connectivity index (χ0v) is 12.3. The molecule has 1 saturated heterocycles. The van der Waals surface area contributed by atoms with Crippen LogP contribution in [0.15, 0.2) is 12.1 Å². The molecule has 1 atom stereocenters. The van der Waals surface area contributed by atoms with Crippen molar-refractivity contribution in [3.05, 3.63) is 28.5 Å². The second-order valence-electron chi connectivity index (χ2n) is 5.43. The fraction of sp³-hybridized carbons (Fsp3) is 0.533. The number of Topliss-reactive ketones (excluding diaryl/α,β-unsaturated/α-hetero) is 1. The molecule has 3 nitrogen and oxygen atoms in total. The van der Waals surface area contributed by atoms with Crippen LogP contribution in [0.3, 0.4) is 0 Å². The Morgan fingerprint density at radius 3 is 2.85 bits per heavy atom. The quantitative estimate of drug-likeness (QED) is 0.818. The van der Waals surface area contributed by atoms with Crippen molar-refractivity contribution in [3.63, 3.8) is 0 Å². The van der Waals surface area contributed by atoms with E-state index >= 15 is 0 Å². The first-order valence-electron chi connectivity index (χ1n) is 6.94. The van der Waals surface area contributed by atoms with Gasteiger partial charge in [0.2, 0.25) is 0 Å². The average molecular weight is 300 g/mol. The molecule has 0 radical (unpaired) electrons. The van der Waals surface area contributed by atoms with Gasteiger partial charge in [0.05, 0.1) is 5.02 Å². The number of benzene rings is 1. The zero-order valence-electron chi connectivity index (χ0n) is 11.5. The summed E-state index contributed by atoms with van der Waals surface area (Å²) in [5, 5.41) is 12.4. The van der Waals surface area contributed by atoms with E-state index in [1.165, 1.54) is 6.07 Å². The molecule has 0 spiro atoms. The minimum atomic E-state index is -0.850. The summed E-state index contributed by atoms with van der Waals surface area (Å²) in [6, 6.07) is 2.43. The second-order valence-corrected chi connectivity index (χ2v) is 5.84. The first kappa shape index (κ1) is 15.3. The first-order valence-corrected chi connectivity index (χ1v) is 7.31. The summed E-state index contributed by atoms with van der Waals surface area (Å²) in [6.45, 7) is 3.49. The summed E-state index contributed by atoms with van der Waals surface area (Å²) in [5.41, 5.74) is -0.229. The summed E-state index contributed by atoms with van der Waals surface area (Å²) in [5.74, 6) is -1.54. The number of halogens is 2. The van der Waals surface area contributed by atoms with Crippen LogP contribution in [-0.4, -0.2) is 24.0 Å². The molecule has 2 rings (SSSR count). The highest BCUT2D eigenvalue weighted by Crippen LogP contribution is 2.37. The molecule has 0 aliphatic carbocycles. The third kappa shape index (κ3) is 2.81. The third-order valence-electron chi connectivity index (χ3n) is 4.01. The van der Waals surface area contributed by atoms with Gasteiger partial charge in [-0.1, -0.05) is 31.4 Å². The largest absolute Gasteiger partial charge is 0.504 e. The number of phenolic OH excluding ortho intramolecular Hbond substituents is 1. The highest BCUT2D eigenvalue weighted by Gasteiger charge is 2.41. The lowest BCUT2D eigenvalue weighted by Gasteiger charge is -2.26. The van der Waals surface area contributed by atoms with Crippen LogP contribution in [0.1, 0.15) is 43.0 Å². The van der Waals surface area contributed by atoms with Gasteiger partial charge in [-0.3, -0.25) is 4.79 Å². The Morgan fingerprint density at radius 2 is 2.30 bits per heavy atom. The number of carbonyl (C=O) groups is 1. The summed E-state index contributed by atoms with van der Waals surface area (Å²) in [7, 11) is 0. The average Bonchev–Trinajstić information content (AvgIpc) is 2.91. The molecule has 1 fully saturated rings. The molecule has 0 bridgehead atoms. The molecule has 1 heterocycles. The van der Waals surface area contributed by atoms with Crippen LogP contribution in [-0.2, 0) is 0 Å². The van der Waals surface area contributed by atoms with Crippen molar-refractivity contribution in [1.29, 1.82) is 0 Å². The van der Waals surface area contributed by atoms with E-state index in [2.05, 4.69) is 12.2 Å². The van der Waals surface area contributed by atoms with E-state index in [1.54, 1.807) is 0 Å². The van der Waals surface area contributed by atoms with E-state index in [0.717, 1.165) is 38.3 Å². The predicted molar refractivity (Wildman–Crippen MR) is 76.9 cm³/mol. The van der Waals surface area contributed by atoms with Gasteiger partial charge in [0, 0.05) is 17.5 Å². The highest BCUT2D eigenvalue weighted by atomic mass is 35.5. The molecular weight excluding hydrogens is 281 g/mol. The van der Waals surface area contributed by atoms with Crippen LogP contribution in [0.2, 0.25) is 5.02 Å². The van der Waals surface area contributed by atoms with E-state index < -0.39 is 17.0 Å². The number of rotatable bonds is 5. The summed E-state index contributed by atoms with van der Waals surface area (Å²) >= 11 is 5.76. The smallest absolute Gasteiger partial charge is 0.170 e. The van der Waals surface area contributed by atoms with Crippen molar-refractivity contribution in [1.82, 2.24) is 5.32 Å². The van der Waals surface area contributed by atoms with Crippen molar-refractivity contribution in [2.24, 2.45) is 5.41 Å². The number of unbranched alkanes of at least 4 members (excludes halogenated alkanes) is 1. The Kier molecular flexibility index (Phi) is 4.66. The van der Waals surface area contributed by atoms with Crippen molar-refractivity contribution < 1.29 is 14.3 Å². The molecule has 0 aromatic heterocycles. The minimum absolute atomic E-state index is 0.0863. The van der Waals surface area contributed by atoms with E-state index in [9.17, 15) is 14.3 Å². The standard InChI is InChI=1S/C15H19ClFNO2/c1-2-3-4-15(5-6-18-9-15)14(20)10-7-11(16)13(19)12(17)8-10/h7-8,18-19H,2-6,9H2,1H3. The fourth-order valence-corrected chi connectivity index (χ4v) is 2.99. The third-order valence-corrected chi connectivity index (χ3v) is 4.30. The summed E-state index contributed by atoms with van der Waals surface area (Å²) in [6.07, 6.45) is 3.52. The van der Waals surface area contributed by atoms with E-state index in [-0.39, 0.29) is 16.4 Å². The number of ketones is 1. The van der Waals surface area contributed by atoms with Gasteiger partial charge in [-0.2, -0.15) is 0 Å². The maximum atomic E-state index is 13.6. The molecule has 1 aliphatic rings. The molecule has 20 heavy (non-hydrogen) atoms. The number of nitrogens with one attached hydrogen (secondary N) is 1. The van der Waals surface area contributed by atoms with Crippen molar-refractivity contribution in [2.75, 3.05) is 13.1 Å². The molecule has 0 saturated carbocycles. The van der Waals surface area contributed by atoms with Gasteiger partial charge in [0.15, 0.2) is 17.3 Å². The lowest BCUT2D eigenvalue weighted by Crippen LogP contribution is -2.33. The molecule has 0 amide bonds. The number of aromatic hydroxyl groups is 1. The number of carbonyl (C=O) groups excluding carboxylic acids is 1. The number of phenols is 1. The first-order chi connectivity index (χ1) is 9.50. The zero-order chi connectivity index (χ0) is 14.8. The maximum Gasteiger partial charge on any atom is 0.170 e. The SMILES string of the molecule is CCCCC1(C(=O)c2cc(F)c(O)c(Cl)c2)CCNC1. The lowest BCUT2D eigenvalue weighted by molar-refractivity contribution is 0.0799. The van der Waals surface area contributed by atoms with E-state index in [0.29, 0.717) is 6.54 Å². The van der Waals surface area contributed by atoms with Crippen LogP contribution in [0.25, 0.3) is 0 Å². The molecule has 1 aromatic rings. The van der Waals surface area contributed by atoms with Gasteiger partial charge in [-0.05, 0) is 31.5 Å².